The molecule has 1 unspecified atom stereocenters. The summed E-state index contributed by atoms with van der Waals surface area (Å²) >= 11 is 0. The van der Waals surface area contributed by atoms with Crippen LogP contribution in [0, 0.1) is 6.92 Å². The summed E-state index contributed by atoms with van der Waals surface area (Å²) in [6.07, 6.45) is 0.936. The van der Waals surface area contributed by atoms with Crippen LogP contribution in [0.3, 0.4) is 0 Å². The zero-order valence-electron chi connectivity index (χ0n) is 13.0. The fourth-order valence-electron chi connectivity index (χ4n) is 2.50. The summed E-state index contributed by atoms with van der Waals surface area (Å²) in [5.41, 5.74) is 3.04. The highest BCUT2D eigenvalue weighted by Crippen LogP contribution is 2.24. The highest BCUT2D eigenvalue weighted by Gasteiger charge is 2.20. The van der Waals surface area contributed by atoms with Gasteiger partial charge in [-0.3, -0.25) is 4.98 Å². The lowest BCUT2D eigenvalue weighted by Crippen LogP contribution is -2.31. The molecule has 2 rings (SSSR count). The fourth-order valence-corrected chi connectivity index (χ4v) is 2.50. The maximum Gasteiger partial charge on any atom is 0.0936 e. The molecule has 0 aliphatic heterocycles. The molecule has 0 radical (unpaired) electrons. The van der Waals surface area contributed by atoms with Crippen molar-refractivity contribution in [3.63, 3.8) is 0 Å². The zero-order chi connectivity index (χ0) is 14.8. The molecule has 0 aliphatic carbocycles. The summed E-state index contributed by atoms with van der Waals surface area (Å²) in [4.78, 5) is 4.65. The molecular formula is C17H24N2O. The van der Waals surface area contributed by atoms with E-state index in [2.05, 4.69) is 55.3 Å². The van der Waals surface area contributed by atoms with Gasteiger partial charge in [0.1, 0.15) is 0 Å². The SMILES string of the molecule is COC(C)(C)CC(C)Nc1cccc2ccc(C)nc12. The Balaban J connectivity index is 2.23. The van der Waals surface area contributed by atoms with Crippen molar-refractivity contribution in [2.24, 2.45) is 0 Å². The Morgan fingerprint density at radius 3 is 2.70 bits per heavy atom. The van der Waals surface area contributed by atoms with Crippen LogP contribution in [0.1, 0.15) is 32.9 Å². The van der Waals surface area contributed by atoms with Crippen molar-refractivity contribution in [3.05, 3.63) is 36.0 Å². The number of aromatic nitrogens is 1. The van der Waals surface area contributed by atoms with Gasteiger partial charge in [-0.1, -0.05) is 18.2 Å². The Kier molecular flexibility index (Phi) is 4.29. The first-order valence-electron chi connectivity index (χ1n) is 7.09. The van der Waals surface area contributed by atoms with Gasteiger partial charge in [-0.05, 0) is 46.2 Å². The molecule has 2 aromatic rings. The first-order valence-corrected chi connectivity index (χ1v) is 7.09. The number of nitrogens with zero attached hydrogens (tertiary/aromatic N) is 1. The molecule has 0 saturated carbocycles. The molecule has 1 aromatic heterocycles. The number of hydrogen-bond acceptors (Lipinski definition) is 3. The summed E-state index contributed by atoms with van der Waals surface area (Å²) in [5.74, 6) is 0. The van der Waals surface area contributed by atoms with E-state index in [1.54, 1.807) is 7.11 Å². The number of aryl methyl sites for hydroxylation is 1. The van der Waals surface area contributed by atoms with Gasteiger partial charge in [-0.15, -0.1) is 0 Å². The molecule has 1 heterocycles. The van der Waals surface area contributed by atoms with E-state index >= 15 is 0 Å². The van der Waals surface area contributed by atoms with Crippen LogP contribution in [0.5, 0.6) is 0 Å². The fraction of sp³-hybridized carbons (Fsp3) is 0.471. The standard InChI is InChI=1S/C17H24N2O/c1-12-9-10-14-7-6-8-15(16(14)19-12)18-13(2)11-17(3,4)20-5/h6-10,13,18H,11H2,1-5H3. The van der Waals surface area contributed by atoms with Crippen LogP contribution in [0.15, 0.2) is 30.3 Å². The predicted molar refractivity (Wildman–Crippen MR) is 85.3 cm³/mol. The Morgan fingerprint density at radius 2 is 2.00 bits per heavy atom. The van der Waals surface area contributed by atoms with Crippen LogP contribution in [-0.2, 0) is 4.74 Å². The van der Waals surface area contributed by atoms with Crippen LogP contribution < -0.4 is 5.32 Å². The number of anilines is 1. The largest absolute Gasteiger partial charge is 0.381 e. The molecule has 1 aromatic carbocycles. The minimum atomic E-state index is -0.125. The first kappa shape index (κ1) is 14.8. The molecule has 0 aliphatic rings. The maximum absolute atomic E-state index is 5.50. The number of pyridine rings is 1. The van der Waals surface area contributed by atoms with Gasteiger partial charge in [0, 0.05) is 24.2 Å². The van der Waals surface area contributed by atoms with Crippen molar-refractivity contribution in [1.29, 1.82) is 0 Å². The molecule has 20 heavy (non-hydrogen) atoms. The Morgan fingerprint density at radius 1 is 1.25 bits per heavy atom. The van der Waals surface area contributed by atoms with Crippen LogP contribution >= 0.6 is 0 Å². The van der Waals surface area contributed by atoms with Gasteiger partial charge in [0.25, 0.3) is 0 Å². The number of para-hydroxylation sites is 1. The first-order chi connectivity index (χ1) is 9.41. The number of methoxy groups -OCH3 is 1. The third-order valence-corrected chi connectivity index (χ3v) is 3.61. The summed E-state index contributed by atoms with van der Waals surface area (Å²) in [7, 11) is 1.76. The zero-order valence-corrected chi connectivity index (χ0v) is 13.0. The molecule has 0 spiro atoms. The van der Waals surface area contributed by atoms with Crippen molar-refractivity contribution in [2.75, 3.05) is 12.4 Å². The van der Waals surface area contributed by atoms with E-state index in [4.69, 9.17) is 4.74 Å². The number of rotatable bonds is 5. The van der Waals surface area contributed by atoms with Gasteiger partial charge in [0.05, 0.1) is 16.8 Å². The predicted octanol–water partition coefficient (Wildman–Crippen LogP) is 4.16. The topological polar surface area (TPSA) is 34.1 Å². The lowest BCUT2D eigenvalue weighted by molar-refractivity contribution is 0.0128. The minimum absolute atomic E-state index is 0.125. The minimum Gasteiger partial charge on any atom is -0.381 e. The van der Waals surface area contributed by atoms with Crippen molar-refractivity contribution in [3.8, 4) is 0 Å². The quantitative estimate of drug-likeness (QED) is 0.887. The maximum atomic E-state index is 5.50. The third kappa shape index (κ3) is 3.48. The molecule has 108 valence electrons. The van der Waals surface area contributed by atoms with E-state index < -0.39 is 0 Å². The number of fused-ring (bicyclic) bond motifs is 1. The summed E-state index contributed by atoms with van der Waals surface area (Å²) < 4.78 is 5.50. The van der Waals surface area contributed by atoms with E-state index in [1.807, 2.05) is 13.0 Å². The van der Waals surface area contributed by atoms with Crippen molar-refractivity contribution >= 4 is 16.6 Å². The van der Waals surface area contributed by atoms with E-state index in [-0.39, 0.29) is 5.60 Å². The van der Waals surface area contributed by atoms with Gasteiger partial charge in [-0.2, -0.15) is 0 Å². The molecule has 0 fully saturated rings. The Labute approximate surface area is 121 Å². The van der Waals surface area contributed by atoms with Crippen LogP contribution in [-0.4, -0.2) is 23.7 Å². The van der Waals surface area contributed by atoms with Crippen molar-refractivity contribution in [2.45, 2.75) is 45.8 Å². The van der Waals surface area contributed by atoms with Gasteiger partial charge in [-0.25, -0.2) is 0 Å². The Hall–Kier alpha value is -1.61. The number of nitrogens with one attached hydrogen (secondary N) is 1. The highest BCUT2D eigenvalue weighted by atomic mass is 16.5. The van der Waals surface area contributed by atoms with Gasteiger partial charge >= 0.3 is 0 Å². The van der Waals surface area contributed by atoms with Crippen LogP contribution in [0.4, 0.5) is 5.69 Å². The van der Waals surface area contributed by atoms with E-state index in [9.17, 15) is 0 Å². The van der Waals surface area contributed by atoms with Crippen molar-refractivity contribution in [1.82, 2.24) is 4.98 Å². The number of ether oxygens (including phenoxy) is 1. The number of benzene rings is 1. The molecule has 0 bridgehead atoms. The molecule has 0 saturated heterocycles. The van der Waals surface area contributed by atoms with Crippen LogP contribution in [0.25, 0.3) is 10.9 Å². The second-order valence-corrected chi connectivity index (χ2v) is 6.04. The second-order valence-electron chi connectivity index (χ2n) is 6.04. The van der Waals surface area contributed by atoms with Gasteiger partial charge in [0.2, 0.25) is 0 Å². The summed E-state index contributed by atoms with van der Waals surface area (Å²) in [6, 6.07) is 10.7. The van der Waals surface area contributed by atoms with Gasteiger partial charge in [0.15, 0.2) is 0 Å². The summed E-state index contributed by atoms with van der Waals surface area (Å²) in [6.45, 7) is 8.41. The normalized spacial score (nSPS) is 13.4. The smallest absolute Gasteiger partial charge is 0.0936 e. The molecule has 1 atom stereocenters. The molecular weight excluding hydrogens is 248 g/mol. The Bertz CT molecular complexity index is 593. The second kappa shape index (κ2) is 5.80. The van der Waals surface area contributed by atoms with Crippen LogP contribution in [0.2, 0.25) is 0 Å². The molecule has 3 nitrogen and oxygen atoms in total. The van der Waals surface area contributed by atoms with E-state index in [1.165, 1.54) is 5.39 Å². The average molecular weight is 272 g/mol. The third-order valence-electron chi connectivity index (χ3n) is 3.61. The summed E-state index contributed by atoms with van der Waals surface area (Å²) in [5, 5.41) is 4.73. The lowest BCUT2D eigenvalue weighted by Gasteiger charge is -2.27. The monoisotopic (exact) mass is 272 g/mol. The highest BCUT2D eigenvalue weighted by molar-refractivity contribution is 5.90. The number of hydrogen-bond donors (Lipinski definition) is 1. The molecule has 0 amide bonds. The molecule has 3 heteroatoms. The van der Waals surface area contributed by atoms with Gasteiger partial charge < -0.3 is 10.1 Å². The van der Waals surface area contributed by atoms with E-state index in [0.717, 1.165) is 23.3 Å². The molecule has 1 N–H and O–H groups in total. The average Bonchev–Trinajstić information content (AvgIpc) is 2.39. The van der Waals surface area contributed by atoms with E-state index in [0.29, 0.717) is 6.04 Å². The lowest BCUT2D eigenvalue weighted by atomic mass is 9.99. The van der Waals surface area contributed by atoms with Crippen molar-refractivity contribution < 1.29 is 4.74 Å².